The first kappa shape index (κ1) is 9.08. The average molecular weight is 204 g/mol. The molecule has 2 bridgehead atoms. The van der Waals surface area contributed by atoms with Gasteiger partial charge in [0, 0.05) is 5.56 Å². The molecule has 0 amide bonds. The minimum atomic E-state index is 0.269. The van der Waals surface area contributed by atoms with Gasteiger partial charge in [-0.1, -0.05) is 6.42 Å². The van der Waals surface area contributed by atoms with E-state index in [2.05, 4.69) is 0 Å². The van der Waals surface area contributed by atoms with E-state index in [0.29, 0.717) is 11.7 Å². The van der Waals surface area contributed by atoms with Crippen molar-refractivity contribution in [2.24, 2.45) is 11.8 Å². The van der Waals surface area contributed by atoms with Crippen LogP contribution in [-0.4, -0.2) is 10.2 Å². The molecule has 2 aliphatic carbocycles. The Morgan fingerprint density at radius 2 is 1.93 bits per heavy atom. The quantitative estimate of drug-likeness (QED) is 0.690. The fraction of sp³-hybridized carbons (Fsp3) is 0.538. The molecule has 3 atom stereocenters. The number of aromatic hydroxyl groups is 2. The second kappa shape index (κ2) is 3.16. The van der Waals surface area contributed by atoms with Crippen molar-refractivity contribution in [2.75, 3.05) is 0 Å². The molecule has 1 aromatic rings. The first-order valence-corrected chi connectivity index (χ1v) is 5.76. The van der Waals surface area contributed by atoms with Gasteiger partial charge < -0.3 is 10.2 Å². The summed E-state index contributed by atoms with van der Waals surface area (Å²) in [6, 6.07) is 4.89. The lowest BCUT2D eigenvalue weighted by Crippen LogP contribution is -2.08. The zero-order valence-electron chi connectivity index (χ0n) is 8.69. The molecule has 2 nitrogen and oxygen atoms in total. The van der Waals surface area contributed by atoms with Crippen LogP contribution in [0.3, 0.4) is 0 Å². The van der Waals surface area contributed by atoms with Gasteiger partial charge in [-0.25, -0.2) is 0 Å². The summed E-state index contributed by atoms with van der Waals surface area (Å²) in [7, 11) is 0. The fourth-order valence-corrected chi connectivity index (χ4v) is 3.46. The minimum absolute atomic E-state index is 0.269. The molecule has 0 heterocycles. The van der Waals surface area contributed by atoms with Gasteiger partial charge in [-0.2, -0.15) is 0 Å². The van der Waals surface area contributed by atoms with Gasteiger partial charge in [-0.15, -0.1) is 0 Å². The lowest BCUT2D eigenvalue weighted by Gasteiger charge is -2.22. The number of phenolic OH excluding ortho intramolecular Hbond substituents is 2. The zero-order chi connectivity index (χ0) is 10.4. The number of fused-ring (bicyclic) bond motifs is 2. The molecule has 0 aromatic heterocycles. The average Bonchev–Trinajstić information content (AvgIpc) is 2.83. The second-order valence-electron chi connectivity index (χ2n) is 5.02. The highest BCUT2D eigenvalue weighted by Gasteiger charge is 2.41. The van der Waals surface area contributed by atoms with Crippen LogP contribution in [-0.2, 0) is 0 Å². The van der Waals surface area contributed by atoms with Crippen LogP contribution in [0, 0.1) is 11.8 Å². The fourth-order valence-electron chi connectivity index (χ4n) is 3.46. The molecule has 1 aromatic carbocycles. The maximum Gasteiger partial charge on any atom is 0.119 e. The monoisotopic (exact) mass is 204 g/mol. The van der Waals surface area contributed by atoms with E-state index in [9.17, 15) is 10.2 Å². The van der Waals surface area contributed by atoms with E-state index in [1.54, 1.807) is 18.2 Å². The number of phenols is 2. The first-order chi connectivity index (χ1) is 7.24. The molecular weight excluding hydrogens is 188 g/mol. The van der Waals surface area contributed by atoms with Crippen molar-refractivity contribution in [2.45, 2.75) is 31.6 Å². The normalized spacial score (nSPS) is 33.5. The summed E-state index contributed by atoms with van der Waals surface area (Å²) in [6.07, 6.45) is 5.17. The third-order valence-electron chi connectivity index (χ3n) is 4.15. The van der Waals surface area contributed by atoms with Crippen LogP contribution in [0.2, 0.25) is 0 Å². The first-order valence-electron chi connectivity index (χ1n) is 5.76. The van der Waals surface area contributed by atoms with Crippen LogP contribution in [0.5, 0.6) is 11.5 Å². The van der Waals surface area contributed by atoms with E-state index >= 15 is 0 Å². The van der Waals surface area contributed by atoms with Gasteiger partial charge in [0.15, 0.2) is 0 Å². The molecule has 0 spiro atoms. The summed E-state index contributed by atoms with van der Waals surface area (Å²) in [5.74, 6) is 2.70. The smallest absolute Gasteiger partial charge is 0.119 e. The number of hydrogen-bond donors (Lipinski definition) is 2. The molecule has 2 N–H and O–H groups in total. The molecule has 2 aliphatic rings. The van der Waals surface area contributed by atoms with Crippen molar-refractivity contribution in [1.82, 2.24) is 0 Å². The molecule has 80 valence electrons. The lowest BCUT2D eigenvalue weighted by molar-refractivity contribution is 0.393. The Hall–Kier alpha value is -1.18. The highest BCUT2D eigenvalue weighted by atomic mass is 16.3. The van der Waals surface area contributed by atoms with E-state index in [1.807, 2.05) is 0 Å². The predicted octanol–water partition coefficient (Wildman–Crippen LogP) is 3.00. The molecular formula is C13H16O2. The Morgan fingerprint density at radius 1 is 1.07 bits per heavy atom. The summed E-state index contributed by atoms with van der Waals surface area (Å²) in [4.78, 5) is 0. The van der Waals surface area contributed by atoms with Crippen molar-refractivity contribution in [1.29, 1.82) is 0 Å². The van der Waals surface area contributed by atoms with Crippen molar-refractivity contribution < 1.29 is 10.2 Å². The third kappa shape index (κ3) is 1.39. The highest BCUT2D eigenvalue weighted by molar-refractivity contribution is 5.42. The SMILES string of the molecule is Oc1ccc(O)c(C2C[C@@H]3CC[C@H]2C3)c1. The van der Waals surface area contributed by atoms with Gasteiger partial charge in [0.1, 0.15) is 11.5 Å². The van der Waals surface area contributed by atoms with E-state index in [0.717, 1.165) is 17.4 Å². The minimum Gasteiger partial charge on any atom is -0.508 e. The molecule has 0 aliphatic heterocycles. The Bertz CT molecular complexity index is 386. The van der Waals surface area contributed by atoms with Gasteiger partial charge in [-0.05, 0) is 55.2 Å². The number of rotatable bonds is 1. The van der Waals surface area contributed by atoms with E-state index in [-0.39, 0.29) is 5.75 Å². The van der Waals surface area contributed by atoms with E-state index < -0.39 is 0 Å². The Kier molecular flexibility index (Phi) is 1.91. The van der Waals surface area contributed by atoms with Gasteiger partial charge in [0.25, 0.3) is 0 Å². The van der Waals surface area contributed by atoms with Gasteiger partial charge in [0.05, 0.1) is 0 Å². The van der Waals surface area contributed by atoms with Crippen LogP contribution >= 0.6 is 0 Å². The third-order valence-corrected chi connectivity index (χ3v) is 4.15. The Balaban J connectivity index is 1.96. The maximum atomic E-state index is 9.81. The zero-order valence-corrected chi connectivity index (χ0v) is 8.69. The van der Waals surface area contributed by atoms with E-state index in [4.69, 9.17) is 0 Å². The van der Waals surface area contributed by atoms with E-state index in [1.165, 1.54) is 25.7 Å². The molecule has 0 saturated heterocycles. The largest absolute Gasteiger partial charge is 0.508 e. The van der Waals surface area contributed by atoms with Crippen LogP contribution in [0.1, 0.15) is 37.2 Å². The van der Waals surface area contributed by atoms with Crippen molar-refractivity contribution in [3.8, 4) is 11.5 Å². The summed E-state index contributed by atoms with van der Waals surface area (Å²) >= 11 is 0. The molecule has 0 radical (unpaired) electrons. The molecule has 3 rings (SSSR count). The lowest BCUT2D eigenvalue weighted by atomic mass is 9.83. The molecule has 2 fully saturated rings. The van der Waals surface area contributed by atoms with Crippen LogP contribution < -0.4 is 0 Å². The summed E-state index contributed by atoms with van der Waals surface area (Å²) < 4.78 is 0. The second-order valence-corrected chi connectivity index (χ2v) is 5.02. The van der Waals surface area contributed by atoms with Crippen LogP contribution in [0.15, 0.2) is 18.2 Å². The standard InChI is InChI=1S/C13H16O2/c14-10-3-4-13(15)12(7-10)11-6-8-1-2-9(11)5-8/h3-4,7-9,11,14-15H,1-2,5-6H2/t8-,9+,11?/m1/s1. The predicted molar refractivity (Wildman–Crippen MR) is 58.0 cm³/mol. The van der Waals surface area contributed by atoms with Crippen molar-refractivity contribution in [3.63, 3.8) is 0 Å². The molecule has 1 unspecified atom stereocenters. The van der Waals surface area contributed by atoms with Gasteiger partial charge in [-0.3, -0.25) is 0 Å². The Labute approximate surface area is 89.6 Å². The highest BCUT2D eigenvalue weighted by Crippen LogP contribution is 2.54. The van der Waals surface area contributed by atoms with Crippen LogP contribution in [0.25, 0.3) is 0 Å². The summed E-state index contributed by atoms with van der Waals surface area (Å²) in [5.41, 5.74) is 0.960. The maximum absolute atomic E-state index is 9.81. The van der Waals surface area contributed by atoms with Crippen molar-refractivity contribution in [3.05, 3.63) is 23.8 Å². The summed E-state index contributed by atoms with van der Waals surface area (Å²) in [5, 5.41) is 19.3. The van der Waals surface area contributed by atoms with Crippen LogP contribution in [0.4, 0.5) is 0 Å². The Morgan fingerprint density at radius 3 is 2.60 bits per heavy atom. The summed E-state index contributed by atoms with van der Waals surface area (Å²) in [6.45, 7) is 0. The number of hydrogen-bond acceptors (Lipinski definition) is 2. The van der Waals surface area contributed by atoms with Crippen molar-refractivity contribution >= 4 is 0 Å². The number of benzene rings is 1. The molecule has 2 saturated carbocycles. The molecule has 15 heavy (non-hydrogen) atoms. The topological polar surface area (TPSA) is 40.5 Å². The molecule has 2 heteroatoms. The van der Waals surface area contributed by atoms with Gasteiger partial charge >= 0.3 is 0 Å². The van der Waals surface area contributed by atoms with Gasteiger partial charge in [0.2, 0.25) is 0 Å².